The third kappa shape index (κ3) is 5.22. The van der Waals surface area contributed by atoms with Gasteiger partial charge in [-0.3, -0.25) is 19.6 Å². The smallest absolute Gasteiger partial charge is 0.338 e. The molecule has 9 nitrogen and oxygen atoms in total. The number of amidine groups is 1. The highest BCUT2D eigenvalue weighted by atomic mass is 35.5. The highest BCUT2D eigenvalue weighted by molar-refractivity contribution is 7.11. The molecule has 2 aromatic rings. The van der Waals surface area contributed by atoms with Crippen LogP contribution in [0.25, 0.3) is 0 Å². The van der Waals surface area contributed by atoms with E-state index in [9.17, 15) is 19.1 Å². The molecule has 3 aliphatic rings. The van der Waals surface area contributed by atoms with Crippen molar-refractivity contribution < 1.29 is 32.6 Å². The number of halogens is 4. The first-order valence-electron chi connectivity index (χ1n) is 12.6. The van der Waals surface area contributed by atoms with Gasteiger partial charge in [-0.25, -0.2) is 22.9 Å². The van der Waals surface area contributed by atoms with Gasteiger partial charge in [-0.15, -0.1) is 11.3 Å². The lowest BCUT2D eigenvalue weighted by Gasteiger charge is -2.31. The number of carboxylic acid groups (broad SMARTS) is 1. The van der Waals surface area contributed by atoms with E-state index in [1.165, 1.54) is 37.5 Å². The first kappa shape index (κ1) is 28.5. The molecule has 2 fully saturated rings. The number of aromatic nitrogens is 1. The molecule has 5 rings (SSSR count). The predicted molar refractivity (Wildman–Crippen MR) is 142 cm³/mol. The molecule has 0 bridgehead atoms. The number of hydrogen-bond acceptors (Lipinski definition) is 9. The Morgan fingerprint density at radius 2 is 2.12 bits per heavy atom. The maximum Gasteiger partial charge on any atom is 0.338 e. The number of nitrogens with one attached hydrogen (secondary N) is 1. The molecule has 14 heteroatoms. The zero-order valence-corrected chi connectivity index (χ0v) is 23.2. The van der Waals surface area contributed by atoms with Gasteiger partial charge in [-0.05, 0) is 12.5 Å². The van der Waals surface area contributed by atoms with Gasteiger partial charge >= 0.3 is 11.9 Å². The Morgan fingerprint density at radius 1 is 1.35 bits per heavy atom. The van der Waals surface area contributed by atoms with Crippen LogP contribution >= 0.6 is 22.9 Å². The van der Waals surface area contributed by atoms with Crippen LogP contribution in [0.1, 0.15) is 30.0 Å². The molecule has 2 saturated heterocycles. The summed E-state index contributed by atoms with van der Waals surface area (Å²) in [6, 6.07) is 1.35. The number of benzene rings is 1. The van der Waals surface area contributed by atoms with E-state index in [4.69, 9.17) is 16.3 Å². The molecule has 0 radical (unpaired) electrons. The minimum absolute atomic E-state index is 0.00921. The molecular formula is C26H27ClF3N5O4S. The van der Waals surface area contributed by atoms with Crippen LogP contribution < -0.4 is 5.32 Å². The predicted octanol–water partition coefficient (Wildman–Crippen LogP) is 3.57. The van der Waals surface area contributed by atoms with Crippen molar-refractivity contribution in [1.82, 2.24) is 20.1 Å². The molecule has 4 unspecified atom stereocenters. The van der Waals surface area contributed by atoms with Gasteiger partial charge in [0.25, 0.3) is 5.92 Å². The summed E-state index contributed by atoms with van der Waals surface area (Å²) in [6.45, 7) is 1.15. The molecule has 4 atom stereocenters. The first-order chi connectivity index (χ1) is 19.0. The number of aliphatic imine (C=N–C) groups is 1. The van der Waals surface area contributed by atoms with Gasteiger partial charge < -0.3 is 15.2 Å². The Labute approximate surface area is 237 Å². The third-order valence-electron chi connectivity index (χ3n) is 7.52. The van der Waals surface area contributed by atoms with Gasteiger partial charge in [0, 0.05) is 48.5 Å². The molecule has 0 saturated carbocycles. The number of likely N-dealkylation sites (tertiary alicyclic amines) is 2. The van der Waals surface area contributed by atoms with Crippen molar-refractivity contribution in [3.63, 3.8) is 0 Å². The van der Waals surface area contributed by atoms with Crippen molar-refractivity contribution in [1.29, 1.82) is 0 Å². The second-order valence-electron chi connectivity index (χ2n) is 10.1. The molecule has 40 heavy (non-hydrogen) atoms. The standard InChI is InChI=1S/C26H27ClF3N5O4S/c1-13(24(36)37)10-34-8-6-17-21(34)26(29,30)12-35(17)11-16-18(25(38)39-2)20(14-4-3-5-15(28)19(14)27)33-22(32-16)23-31-7-9-40-23/h3-5,7,9,13,17,20-21H,6,8,10-12H2,1-2H3,(H,32,33)(H,36,37). The summed E-state index contributed by atoms with van der Waals surface area (Å²) in [4.78, 5) is 36.6. The fourth-order valence-corrected chi connectivity index (χ4v) is 6.56. The number of ether oxygens (including phenoxy) is 1. The summed E-state index contributed by atoms with van der Waals surface area (Å²) in [5.41, 5.74) is 0.511. The summed E-state index contributed by atoms with van der Waals surface area (Å²) < 4.78 is 50.4. The number of thiazole rings is 1. The van der Waals surface area contributed by atoms with Crippen molar-refractivity contribution >= 4 is 40.7 Å². The normalized spacial score (nSPS) is 25.4. The number of nitrogens with zero attached hydrogens (tertiary/aromatic N) is 4. The molecule has 1 aromatic carbocycles. The topological polar surface area (TPSA) is 107 Å². The monoisotopic (exact) mass is 597 g/mol. The molecule has 0 spiro atoms. The van der Waals surface area contributed by atoms with Crippen LogP contribution in [0.15, 0.2) is 46.0 Å². The minimum Gasteiger partial charge on any atom is -0.481 e. The number of carbonyl (C=O) groups is 2. The summed E-state index contributed by atoms with van der Waals surface area (Å²) >= 11 is 7.59. The minimum atomic E-state index is -3.11. The van der Waals surface area contributed by atoms with E-state index in [2.05, 4.69) is 15.3 Å². The van der Waals surface area contributed by atoms with E-state index >= 15 is 8.78 Å². The first-order valence-corrected chi connectivity index (χ1v) is 13.9. The van der Waals surface area contributed by atoms with E-state index in [1.54, 1.807) is 27.4 Å². The largest absolute Gasteiger partial charge is 0.481 e. The number of esters is 1. The van der Waals surface area contributed by atoms with Gasteiger partial charge in [0.15, 0.2) is 10.8 Å². The Kier molecular flexibility index (Phi) is 7.92. The number of alkyl halides is 2. The molecule has 214 valence electrons. The molecule has 2 N–H and O–H groups in total. The lowest BCUT2D eigenvalue weighted by atomic mass is 9.95. The number of rotatable bonds is 8. The Bertz CT molecular complexity index is 1370. The fraction of sp³-hybridized carbons (Fsp3) is 0.462. The molecule has 3 aliphatic heterocycles. The number of fused-ring (bicyclic) bond motifs is 1. The third-order valence-corrected chi connectivity index (χ3v) is 8.70. The second-order valence-corrected chi connectivity index (χ2v) is 11.3. The number of methoxy groups -OCH3 is 1. The van der Waals surface area contributed by atoms with Crippen LogP contribution in [0.3, 0.4) is 0 Å². The Balaban J connectivity index is 1.53. The van der Waals surface area contributed by atoms with Crippen LogP contribution in [0.2, 0.25) is 5.02 Å². The van der Waals surface area contributed by atoms with Crippen LogP contribution in [0.5, 0.6) is 0 Å². The maximum atomic E-state index is 15.4. The SMILES string of the molecule is COC(=O)C1=C(CN2CC(F)(F)C3C2CCN3CC(C)C(=O)O)NC(c2nccs2)=NC1c1cccc(F)c1Cl. The Hall–Kier alpha value is -3.00. The average Bonchev–Trinajstić information content (AvgIpc) is 3.64. The summed E-state index contributed by atoms with van der Waals surface area (Å²) in [6.07, 6.45) is 1.98. The molecular weight excluding hydrogens is 571 g/mol. The van der Waals surface area contributed by atoms with Crippen LogP contribution in [0, 0.1) is 11.7 Å². The van der Waals surface area contributed by atoms with Gasteiger partial charge in [0.2, 0.25) is 0 Å². The second kappa shape index (κ2) is 11.1. The highest BCUT2D eigenvalue weighted by Crippen LogP contribution is 2.43. The summed E-state index contributed by atoms with van der Waals surface area (Å²) in [5.74, 6) is -6.13. The van der Waals surface area contributed by atoms with E-state index in [0.29, 0.717) is 18.0 Å². The average molecular weight is 598 g/mol. The van der Waals surface area contributed by atoms with Crippen molar-refractivity contribution in [2.75, 3.05) is 33.3 Å². The zero-order chi connectivity index (χ0) is 28.8. The van der Waals surface area contributed by atoms with Crippen LogP contribution in [0.4, 0.5) is 13.2 Å². The molecule has 0 aliphatic carbocycles. The van der Waals surface area contributed by atoms with Crippen molar-refractivity contribution in [2.24, 2.45) is 10.9 Å². The maximum absolute atomic E-state index is 15.4. The van der Waals surface area contributed by atoms with Crippen molar-refractivity contribution in [3.05, 3.63) is 62.5 Å². The van der Waals surface area contributed by atoms with E-state index in [-0.39, 0.29) is 40.8 Å². The van der Waals surface area contributed by atoms with Crippen LogP contribution in [-0.4, -0.2) is 89.0 Å². The molecule has 1 aromatic heterocycles. The van der Waals surface area contributed by atoms with Gasteiger partial charge in [-0.2, -0.15) is 0 Å². The lowest BCUT2D eigenvalue weighted by molar-refractivity contribution is -0.142. The molecule has 4 heterocycles. The van der Waals surface area contributed by atoms with Gasteiger partial charge in [0.1, 0.15) is 11.9 Å². The highest BCUT2D eigenvalue weighted by Gasteiger charge is 2.59. The molecule has 0 amide bonds. The number of hydrogen-bond donors (Lipinski definition) is 2. The zero-order valence-electron chi connectivity index (χ0n) is 21.6. The number of aliphatic carboxylic acids is 1. The van der Waals surface area contributed by atoms with E-state index in [0.717, 1.165) is 0 Å². The van der Waals surface area contributed by atoms with Crippen LogP contribution in [-0.2, 0) is 14.3 Å². The summed E-state index contributed by atoms with van der Waals surface area (Å²) in [5, 5.41) is 14.4. The fourth-order valence-electron chi connectivity index (χ4n) is 5.74. The lowest BCUT2D eigenvalue weighted by Crippen LogP contribution is -2.47. The van der Waals surface area contributed by atoms with Gasteiger partial charge in [0.05, 0.1) is 36.2 Å². The summed E-state index contributed by atoms with van der Waals surface area (Å²) in [7, 11) is 1.19. The number of carbonyl (C=O) groups excluding carboxylic acids is 1. The van der Waals surface area contributed by atoms with E-state index < -0.39 is 54.3 Å². The van der Waals surface area contributed by atoms with Gasteiger partial charge in [-0.1, -0.05) is 30.7 Å². The Morgan fingerprint density at radius 3 is 2.80 bits per heavy atom. The quantitative estimate of drug-likeness (QED) is 0.445. The van der Waals surface area contributed by atoms with Crippen molar-refractivity contribution in [3.8, 4) is 0 Å². The van der Waals surface area contributed by atoms with Crippen molar-refractivity contribution in [2.45, 2.75) is 37.4 Å². The van der Waals surface area contributed by atoms with E-state index in [1.807, 2.05) is 0 Å². The number of carboxylic acids is 1.